The molecular weight excluding hydrogens is 668 g/mol. The zero-order chi connectivity index (χ0) is 31.1. The van der Waals surface area contributed by atoms with Gasteiger partial charge in [-0.05, 0) is 112 Å². The van der Waals surface area contributed by atoms with E-state index >= 15 is 0 Å². The number of benzene rings is 3. The molecule has 0 spiro atoms. The van der Waals surface area contributed by atoms with Crippen LogP contribution in [0.1, 0.15) is 42.5 Å². The number of para-hydroxylation sites is 1. The Bertz CT molecular complexity index is 1540. The Hall–Kier alpha value is -3.12. The first kappa shape index (κ1) is 32.3. The summed E-state index contributed by atoms with van der Waals surface area (Å²) in [5.41, 5.74) is 0.503. The first-order valence-corrected chi connectivity index (χ1v) is 17.4. The molecule has 5 rings (SSSR count). The lowest BCUT2D eigenvalue weighted by Crippen LogP contribution is -2.44. The summed E-state index contributed by atoms with van der Waals surface area (Å²) in [6, 6.07) is 18.7. The summed E-state index contributed by atoms with van der Waals surface area (Å²) in [6.45, 7) is 4.86. The number of anilines is 1. The smallest absolute Gasteiger partial charge is 0.295 e. The normalized spacial score (nSPS) is 16.1. The maximum Gasteiger partial charge on any atom is 0.295 e. The number of hydrogen-bond acceptors (Lipinski definition) is 6. The summed E-state index contributed by atoms with van der Waals surface area (Å²) in [7, 11) is -4.23. The molecule has 0 aliphatic carbocycles. The highest BCUT2D eigenvalue weighted by Gasteiger charge is 2.29. The predicted molar refractivity (Wildman–Crippen MR) is 174 cm³/mol. The second-order valence-corrected chi connectivity index (χ2v) is 14.2. The molecule has 0 atom stereocenters. The molecule has 2 amide bonds. The van der Waals surface area contributed by atoms with Crippen LogP contribution in [0.15, 0.2) is 82.2 Å². The van der Waals surface area contributed by atoms with Crippen molar-refractivity contribution in [2.24, 2.45) is 5.92 Å². The van der Waals surface area contributed by atoms with Gasteiger partial charge in [-0.2, -0.15) is 8.42 Å². The van der Waals surface area contributed by atoms with Gasteiger partial charge in [0.1, 0.15) is 0 Å². The van der Waals surface area contributed by atoms with Crippen molar-refractivity contribution in [2.75, 3.05) is 43.7 Å². The lowest BCUT2D eigenvalue weighted by atomic mass is 9.93. The Morgan fingerprint density at radius 1 is 0.955 bits per heavy atom. The second kappa shape index (κ2) is 14.8. The number of rotatable bonds is 11. The summed E-state index contributed by atoms with van der Waals surface area (Å²) < 4.78 is 28.9. The molecule has 0 bridgehead atoms. The number of hydrogen-bond donors (Lipinski definition) is 1. The fraction of sp³-hybridized carbons (Fsp3) is 0.375. The van der Waals surface area contributed by atoms with Gasteiger partial charge < -0.3 is 20.0 Å². The van der Waals surface area contributed by atoms with Gasteiger partial charge in [0, 0.05) is 23.1 Å². The van der Waals surface area contributed by atoms with Gasteiger partial charge in [0.05, 0.1) is 22.2 Å². The van der Waals surface area contributed by atoms with Crippen molar-refractivity contribution < 1.29 is 22.8 Å². The molecule has 234 valence electrons. The van der Waals surface area contributed by atoms with Crippen LogP contribution in [-0.4, -0.2) is 69.3 Å². The molecule has 2 heterocycles. The highest BCUT2D eigenvalue weighted by molar-refractivity contribution is 9.10. The van der Waals surface area contributed by atoms with E-state index in [1.165, 1.54) is 56.6 Å². The van der Waals surface area contributed by atoms with Crippen molar-refractivity contribution in [1.82, 2.24) is 15.1 Å². The Balaban J connectivity index is 1.17. The van der Waals surface area contributed by atoms with Crippen molar-refractivity contribution in [3.8, 4) is 5.75 Å². The van der Waals surface area contributed by atoms with Crippen LogP contribution in [0, 0.1) is 5.92 Å². The molecule has 2 saturated heterocycles. The summed E-state index contributed by atoms with van der Waals surface area (Å²) in [5, 5.41) is 2.90. The molecule has 3 aromatic carbocycles. The lowest BCUT2D eigenvalue weighted by molar-refractivity contribution is -0.131. The maximum absolute atomic E-state index is 13.7. The first-order valence-electron chi connectivity index (χ1n) is 14.8. The summed E-state index contributed by atoms with van der Waals surface area (Å²) in [6.07, 6.45) is 5.75. The number of piperidine rings is 1. The van der Waals surface area contributed by atoms with Crippen molar-refractivity contribution in [3.05, 3.63) is 87.9 Å². The van der Waals surface area contributed by atoms with E-state index in [1.807, 2.05) is 4.90 Å². The minimum atomic E-state index is -4.23. The second-order valence-electron chi connectivity index (χ2n) is 11.1. The molecule has 9 nitrogen and oxygen atoms in total. The topological polar surface area (TPSA) is 99.3 Å². The van der Waals surface area contributed by atoms with Crippen LogP contribution in [0.2, 0.25) is 5.02 Å². The fourth-order valence-electron chi connectivity index (χ4n) is 5.52. The van der Waals surface area contributed by atoms with Gasteiger partial charge in [0.15, 0.2) is 5.75 Å². The Kier molecular flexibility index (Phi) is 10.8. The number of halogens is 2. The van der Waals surface area contributed by atoms with Gasteiger partial charge in [-0.25, -0.2) is 0 Å². The van der Waals surface area contributed by atoms with Crippen molar-refractivity contribution in [3.63, 3.8) is 0 Å². The fourth-order valence-corrected chi connectivity index (χ4v) is 7.47. The zero-order valence-electron chi connectivity index (χ0n) is 24.3. The van der Waals surface area contributed by atoms with Crippen LogP contribution in [0.3, 0.4) is 0 Å². The average Bonchev–Trinajstić information content (AvgIpc) is 3.56. The Labute approximate surface area is 272 Å². The van der Waals surface area contributed by atoms with Crippen LogP contribution in [0.25, 0.3) is 0 Å². The molecule has 0 radical (unpaired) electrons. The quantitative estimate of drug-likeness (QED) is 0.256. The van der Waals surface area contributed by atoms with Gasteiger partial charge in [0.2, 0.25) is 5.91 Å². The van der Waals surface area contributed by atoms with Crippen LogP contribution >= 0.6 is 27.5 Å². The highest BCUT2D eigenvalue weighted by Crippen LogP contribution is 2.32. The number of likely N-dealkylation sites (tertiary alicyclic amines) is 2. The largest absolute Gasteiger partial charge is 0.363 e. The van der Waals surface area contributed by atoms with Crippen molar-refractivity contribution in [2.45, 2.75) is 37.0 Å². The summed E-state index contributed by atoms with van der Waals surface area (Å²) >= 11 is 9.64. The van der Waals surface area contributed by atoms with Crippen molar-refractivity contribution >= 4 is 55.1 Å². The molecule has 2 fully saturated rings. The van der Waals surface area contributed by atoms with Crippen molar-refractivity contribution in [1.29, 1.82) is 0 Å². The number of nitrogens with zero attached hydrogens (tertiary/aromatic N) is 3. The van der Waals surface area contributed by atoms with Gasteiger partial charge >= 0.3 is 0 Å². The van der Waals surface area contributed by atoms with Gasteiger partial charge in [0.25, 0.3) is 15.9 Å². The van der Waals surface area contributed by atoms with Crippen LogP contribution in [0.4, 0.5) is 5.69 Å². The molecule has 0 aromatic heterocycles. The van der Waals surface area contributed by atoms with Gasteiger partial charge in [-0.3, -0.25) is 9.59 Å². The van der Waals surface area contributed by atoms with Gasteiger partial charge in [-0.15, -0.1) is 0 Å². The van der Waals surface area contributed by atoms with E-state index in [4.69, 9.17) is 16.4 Å². The van der Waals surface area contributed by atoms with E-state index in [0.717, 1.165) is 23.9 Å². The SMILES string of the molecule is O=C(NCC(=O)N1CCC(CCN2CCCC2)CC1)c1ccc(S(=O)(=O)N(Oc2ccc(Br)cc2Cl)c2ccccc2)cc1. The van der Waals surface area contributed by atoms with E-state index in [-0.39, 0.29) is 39.4 Å². The van der Waals surface area contributed by atoms with Gasteiger partial charge in [-0.1, -0.05) is 50.2 Å². The minimum Gasteiger partial charge on any atom is -0.363 e. The molecule has 0 saturated carbocycles. The lowest BCUT2D eigenvalue weighted by Gasteiger charge is -2.32. The zero-order valence-corrected chi connectivity index (χ0v) is 27.5. The Morgan fingerprint density at radius 2 is 1.64 bits per heavy atom. The molecule has 12 heteroatoms. The molecular formula is C32H36BrClN4O5S. The minimum absolute atomic E-state index is 0.0881. The Morgan fingerprint density at radius 3 is 2.30 bits per heavy atom. The monoisotopic (exact) mass is 702 g/mol. The maximum atomic E-state index is 13.7. The van der Waals surface area contributed by atoms with Crippen LogP contribution in [0.5, 0.6) is 5.75 Å². The van der Waals surface area contributed by atoms with E-state index in [2.05, 4.69) is 26.1 Å². The molecule has 3 aromatic rings. The third-order valence-corrected chi connectivity index (χ3v) is 10.5. The van der Waals surface area contributed by atoms with E-state index in [9.17, 15) is 18.0 Å². The molecule has 44 heavy (non-hydrogen) atoms. The van der Waals surface area contributed by atoms with E-state index < -0.39 is 15.9 Å². The number of carbonyl (C=O) groups excluding carboxylic acids is 2. The number of amides is 2. The van der Waals surface area contributed by atoms with E-state index in [0.29, 0.717) is 23.5 Å². The third kappa shape index (κ3) is 8.12. The number of sulfonamides is 1. The number of nitrogens with one attached hydrogen (secondary N) is 1. The molecule has 1 N–H and O–H groups in total. The predicted octanol–water partition coefficient (Wildman–Crippen LogP) is 5.75. The average molecular weight is 704 g/mol. The highest BCUT2D eigenvalue weighted by atomic mass is 79.9. The molecule has 2 aliphatic rings. The summed E-state index contributed by atoms with van der Waals surface area (Å²) in [5.74, 6) is 0.215. The number of carbonyl (C=O) groups is 2. The van der Waals surface area contributed by atoms with E-state index in [1.54, 1.807) is 48.5 Å². The third-order valence-electron chi connectivity index (χ3n) is 8.09. The standard InChI is InChI=1S/C32H36BrClN4O5S/c33-26-10-13-30(29(34)22-26)43-38(27-6-2-1-3-7-27)44(41,42)28-11-8-25(9-12-28)32(40)35-23-31(39)37-20-15-24(16-21-37)14-19-36-17-4-5-18-36/h1-3,6-13,22,24H,4-5,14-21,23H2,(H,35,40). The molecule has 2 aliphatic heterocycles. The summed E-state index contributed by atoms with van der Waals surface area (Å²) in [4.78, 5) is 35.7. The van der Waals surface area contributed by atoms with Crippen LogP contribution < -0.4 is 14.6 Å². The molecule has 0 unspecified atom stereocenters. The van der Waals surface area contributed by atoms with Crippen LogP contribution in [-0.2, 0) is 14.8 Å². The first-order chi connectivity index (χ1) is 21.2.